The van der Waals surface area contributed by atoms with Crippen LogP contribution in [0.25, 0.3) is 10.2 Å². The minimum atomic E-state index is -0.110. The van der Waals surface area contributed by atoms with Gasteiger partial charge < -0.3 is 14.8 Å². The van der Waals surface area contributed by atoms with Gasteiger partial charge in [0.05, 0.1) is 24.4 Å². The first kappa shape index (κ1) is 21.2. The van der Waals surface area contributed by atoms with Gasteiger partial charge in [-0.3, -0.25) is 4.79 Å². The van der Waals surface area contributed by atoms with E-state index in [0.717, 1.165) is 48.6 Å². The average Bonchev–Trinajstić information content (AvgIpc) is 3.20. The predicted molar refractivity (Wildman–Crippen MR) is 128 cm³/mol. The molecule has 4 rings (SSSR count). The summed E-state index contributed by atoms with van der Waals surface area (Å²) >= 11 is 3.26. The van der Waals surface area contributed by atoms with E-state index >= 15 is 0 Å². The number of aryl methyl sites for hydroxylation is 1. The number of anilines is 1. The van der Waals surface area contributed by atoms with Crippen LogP contribution in [-0.2, 0) is 5.75 Å². The van der Waals surface area contributed by atoms with Gasteiger partial charge in [0, 0.05) is 22.6 Å². The topological polar surface area (TPSA) is 60.5 Å². The van der Waals surface area contributed by atoms with Gasteiger partial charge in [0.2, 0.25) is 0 Å². The quantitative estimate of drug-likeness (QED) is 0.341. The van der Waals surface area contributed by atoms with E-state index in [1.165, 1.54) is 0 Å². The molecule has 0 atom stereocenters. The molecular weight excluding hydrogens is 428 g/mol. The molecule has 1 N–H and O–H groups in total. The number of benzene rings is 3. The van der Waals surface area contributed by atoms with E-state index in [2.05, 4.69) is 5.32 Å². The molecule has 31 heavy (non-hydrogen) atoms. The highest BCUT2D eigenvalue weighted by atomic mass is 32.2. The van der Waals surface area contributed by atoms with Crippen molar-refractivity contribution in [3.05, 3.63) is 77.4 Å². The highest BCUT2D eigenvalue weighted by Gasteiger charge is 2.12. The zero-order valence-corrected chi connectivity index (χ0v) is 19.1. The number of nitrogens with one attached hydrogen (secondary N) is 1. The monoisotopic (exact) mass is 450 g/mol. The van der Waals surface area contributed by atoms with Gasteiger partial charge in [-0.1, -0.05) is 30.0 Å². The fourth-order valence-corrected chi connectivity index (χ4v) is 5.29. The lowest BCUT2D eigenvalue weighted by Gasteiger charge is -2.09. The molecule has 0 unspecified atom stereocenters. The SMILES string of the molecule is COc1ccc(OC)c(CSc2nc3ccc(NC(=O)c4ccccc4C)cc3s2)c1. The van der Waals surface area contributed by atoms with Crippen molar-refractivity contribution in [1.29, 1.82) is 0 Å². The Labute approximate surface area is 189 Å². The Bertz CT molecular complexity index is 1240. The van der Waals surface area contributed by atoms with Crippen LogP contribution < -0.4 is 14.8 Å². The number of amides is 1. The summed E-state index contributed by atoms with van der Waals surface area (Å²) in [5, 5.41) is 2.99. The van der Waals surface area contributed by atoms with Gasteiger partial charge in [-0.2, -0.15) is 0 Å². The zero-order chi connectivity index (χ0) is 21.8. The Balaban J connectivity index is 1.49. The lowest BCUT2D eigenvalue weighted by molar-refractivity contribution is 0.102. The van der Waals surface area contributed by atoms with Gasteiger partial charge in [-0.15, -0.1) is 11.3 Å². The number of aromatic nitrogens is 1. The Morgan fingerprint density at radius 1 is 1.06 bits per heavy atom. The van der Waals surface area contributed by atoms with Crippen LogP contribution in [0.4, 0.5) is 5.69 Å². The van der Waals surface area contributed by atoms with Crippen molar-refractivity contribution in [2.24, 2.45) is 0 Å². The van der Waals surface area contributed by atoms with Crippen molar-refractivity contribution in [3.63, 3.8) is 0 Å². The fourth-order valence-electron chi connectivity index (χ4n) is 3.20. The van der Waals surface area contributed by atoms with Crippen LogP contribution in [0.2, 0.25) is 0 Å². The Morgan fingerprint density at radius 2 is 1.90 bits per heavy atom. The highest BCUT2D eigenvalue weighted by Crippen LogP contribution is 2.35. The standard InChI is InChI=1S/C24H22N2O3S2/c1-15-6-4-5-7-19(15)23(27)25-17-8-10-20-22(13-17)31-24(26-20)30-14-16-12-18(28-2)9-11-21(16)29-3/h4-13H,14H2,1-3H3,(H,25,27). The molecule has 1 heterocycles. The third-order valence-electron chi connectivity index (χ3n) is 4.86. The smallest absolute Gasteiger partial charge is 0.255 e. The van der Waals surface area contributed by atoms with E-state index in [1.807, 2.05) is 67.6 Å². The average molecular weight is 451 g/mol. The van der Waals surface area contributed by atoms with Gasteiger partial charge >= 0.3 is 0 Å². The van der Waals surface area contributed by atoms with Gasteiger partial charge in [0.1, 0.15) is 11.5 Å². The zero-order valence-electron chi connectivity index (χ0n) is 17.5. The number of nitrogens with zero attached hydrogens (tertiary/aromatic N) is 1. The van der Waals surface area contributed by atoms with Crippen molar-refractivity contribution in [2.75, 3.05) is 19.5 Å². The van der Waals surface area contributed by atoms with Crippen LogP contribution in [0.5, 0.6) is 11.5 Å². The molecule has 0 fully saturated rings. The number of fused-ring (bicyclic) bond motifs is 1. The van der Waals surface area contributed by atoms with Crippen molar-refractivity contribution in [2.45, 2.75) is 17.0 Å². The van der Waals surface area contributed by atoms with Crippen LogP contribution in [-0.4, -0.2) is 25.1 Å². The molecule has 158 valence electrons. The first-order valence-corrected chi connectivity index (χ1v) is 11.5. The summed E-state index contributed by atoms with van der Waals surface area (Å²) in [7, 11) is 3.32. The summed E-state index contributed by atoms with van der Waals surface area (Å²) in [6.07, 6.45) is 0. The molecule has 3 aromatic carbocycles. The highest BCUT2D eigenvalue weighted by molar-refractivity contribution is 8.00. The van der Waals surface area contributed by atoms with Gasteiger partial charge in [0.15, 0.2) is 4.34 Å². The van der Waals surface area contributed by atoms with E-state index in [1.54, 1.807) is 37.3 Å². The number of hydrogen-bond donors (Lipinski definition) is 1. The maximum absolute atomic E-state index is 12.6. The fraction of sp³-hybridized carbons (Fsp3) is 0.167. The number of carbonyl (C=O) groups is 1. The second-order valence-electron chi connectivity index (χ2n) is 6.90. The first-order chi connectivity index (χ1) is 15.1. The van der Waals surface area contributed by atoms with Gasteiger partial charge in [-0.05, 0) is 55.0 Å². The molecule has 7 heteroatoms. The minimum Gasteiger partial charge on any atom is -0.497 e. The van der Waals surface area contributed by atoms with Crippen LogP contribution in [0, 0.1) is 6.92 Å². The van der Waals surface area contributed by atoms with E-state index in [4.69, 9.17) is 14.5 Å². The summed E-state index contributed by atoms with van der Waals surface area (Å²) < 4.78 is 12.8. The molecule has 0 spiro atoms. The van der Waals surface area contributed by atoms with Crippen LogP contribution >= 0.6 is 23.1 Å². The molecule has 1 amide bonds. The van der Waals surface area contributed by atoms with E-state index in [9.17, 15) is 4.79 Å². The van der Waals surface area contributed by atoms with Crippen molar-refractivity contribution in [3.8, 4) is 11.5 Å². The normalized spacial score (nSPS) is 10.8. The molecule has 0 aliphatic rings. The molecule has 0 aliphatic heterocycles. The van der Waals surface area contributed by atoms with Crippen molar-refractivity contribution >= 4 is 44.9 Å². The van der Waals surface area contributed by atoms with E-state index < -0.39 is 0 Å². The van der Waals surface area contributed by atoms with E-state index in [-0.39, 0.29) is 5.91 Å². The Hall–Kier alpha value is -3.03. The molecule has 4 aromatic rings. The molecular formula is C24H22N2O3S2. The van der Waals surface area contributed by atoms with Crippen LogP contribution in [0.3, 0.4) is 0 Å². The number of ether oxygens (including phenoxy) is 2. The first-order valence-electron chi connectivity index (χ1n) is 9.68. The summed E-state index contributed by atoms with van der Waals surface area (Å²) in [4.78, 5) is 17.3. The Kier molecular flexibility index (Phi) is 6.44. The summed E-state index contributed by atoms with van der Waals surface area (Å²) in [6, 6.07) is 19.1. The van der Waals surface area contributed by atoms with Gasteiger partial charge in [-0.25, -0.2) is 4.98 Å². The summed E-state index contributed by atoms with van der Waals surface area (Å²) in [5.41, 5.74) is 4.35. The molecule has 0 aliphatic carbocycles. The third kappa shape index (κ3) is 4.84. The molecule has 5 nitrogen and oxygen atoms in total. The van der Waals surface area contributed by atoms with Crippen LogP contribution in [0.1, 0.15) is 21.5 Å². The second kappa shape index (κ2) is 9.41. The van der Waals surface area contributed by atoms with Crippen molar-refractivity contribution < 1.29 is 14.3 Å². The predicted octanol–water partition coefficient (Wildman–Crippen LogP) is 6.17. The van der Waals surface area contributed by atoms with E-state index in [0.29, 0.717) is 5.56 Å². The summed E-state index contributed by atoms with van der Waals surface area (Å²) in [6.45, 7) is 1.93. The maximum Gasteiger partial charge on any atom is 0.255 e. The largest absolute Gasteiger partial charge is 0.497 e. The molecule has 0 bridgehead atoms. The number of thiazole rings is 1. The Morgan fingerprint density at radius 3 is 2.68 bits per heavy atom. The summed E-state index contributed by atoms with van der Waals surface area (Å²) in [5.74, 6) is 2.24. The van der Waals surface area contributed by atoms with Crippen molar-refractivity contribution in [1.82, 2.24) is 4.98 Å². The minimum absolute atomic E-state index is 0.110. The maximum atomic E-state index is 12.6. The van der Waals surface area contributed by atoms with Gasteiger partial charge in [0.25, 0.3) is 5.91 Å². The number of hydrogen-bond acceptors (Lipinski definition) is 6. The number of thioether (sulfide) groups is 1. The van der Waals surface area contributed by atoms with Crippen LogP contribution in [0.15, 0.2) is 65.0 Å². The molecule has 0 saturated carbocycles. The number of rotatable bonds is 7. The number of methoxy groups -OCH3 is 2. The lowest BCUT2D eigenvalue weighted by atomic mass is 10.1. The molecule has 1 aromatic heterocycles. The second-order valence-corrected chi connectivity index (χ2v) is 9.15. The number of carbonyl (C=O) groups excluding carboxylic acids is 1. The molecule has 0 saturated heterocycles. The third-order valence-corrected chi connectivity index (χ3v) is 7.07. The molecule has 0 radical (unpaired) electrons. The lowest BCUT2D eigenvalue weighted by Crippen LogP contribution is -2.13.